The van der Waals surface area contributed by atoms with Crippen LogP contribution in [-0.2, 0) is 4.79 Å². The molecule has 1 fully saturated rings. The zero-order valence-electron chi connectivity index (χ0n) is 18.0. The largest absolute Gasteiger partial charge is 0.432 e. The fourth-order valence-corrected chi connectivity index (χ4v) is 4.42. The lowest BCUT2D eigenvalue weighted by Gasteiger charge is -2.27. The van der Waals surface area contributed by atoms with Crippen molar-refractivity contribution in [2.45, 2.75) is 77.7 Å². The first-order valence-corrected chi connectivity index (χ1v) is 11.4. The molecule has 0 spiro atoms. The third kappa shape index (κ3) is 6.62. The lowest BCUT2D eigenvalue weighted by atomic mass is 9.80. The van der Waals surface area contributed by atoms with Crippen LogP contribution in [0.25, 0.3) is 10.8 Å². The van der Waals surface area contributed by atoms with Crippen LogP contribution in [0.3, 0.4) is 0 Å². The predicted molar refractivity (Wildman–Crippen MR) is 115 cm³/mol. The number of unbranched alkanes of at least 4 members (excludes halogenated alkanes) is 4. The maximum Gasteiger partial charge on any atom is 0.387 e. The number of carbonyl (C=O) groups is 1. The van der Waals surface area contributed by atoms with Gasteiger partial charge >= 0.3 is 12.6 Å². The van der Waals surface area contributed by atoms with Crippen molar-refractivity contribution in [3.63, 3.8) is 0 Å². The van der Waals surface area contributed by atoms with Crippen LogP contribution in [0, 0.1) is 17.7 Å². The van der Waals surface area contributed by atoms with Gasteiger partial charge in [0.15, 0.2) is 11.6 Å². The Labute approximate surface area is 181 Å². The summed E-state index contributed by atoms with van der Waals surface area (Å²) in [6.45, 7) is -0.874. The minimum atomic E-state index is -3.09. The van der Waals surface area contributed by atoms with Crippen LogP contribution in [0.15, 0.2) is 30.3 Å². The smallest absolute Gasteiger partial charge is 0.387 e. The predicted octanol–water partition coefficient (Wildman–Crippen LogP) is 7.65. The molecule has 0 saturated heterocycles. The fraction of sp³-hybridized carbons (Fsp3) is 0.560. The normalized spacial score (nSPS) is 19.0. The molecular formula is C25H31F3O3. The van der Waals surface area contributed by atoms with Crippen molar-refractivity contribution in [2.75, 3.05) is 0 Å². The Morgan fingerprint density at radius 2 is 1.77 bits per heavy atom. The van der Waals surface area contributed by atoms with Gasteiger partial charge in [-0.15, -0.1) is 0 Å². The highest BCUT2D eigenvalue weighted by atomic mass is 19.3. The molecule has 2 aromatic carbocycles. The van der Waals surface area contributed by atoms with Gasteiger partial charge in [-0.3, -0.25) is 4.79 Å². The van der Waals surface area contributed by atoms with Crippen LogP contribution in [0.4, 0.5) is 13.2 Å². The van der Waals surface area contributed by atoms with Crippen LogP contribution < -0.4 is 9.47 Å². The highest BCUT2D eigenvalue weighted by molar-refractivity contribution is 5.87. The Morgan fingerprint density at radius 1 is 1.03 bits per heavy atom. The van der Waals surface area contributed by atoms with Gasteiger partial charge in [0.1, 0.15) is 5.75 Å². The zero-order valence-corrected chi connectivity index (χ0v) is 18.0. The van der Waals surface area contributed by atoms with Gasteiger partial charge in [0.25, 0.3) is 0 Å². The first kappa shape index (κ1) is 23.4. The number of fused-ring (bicyclic) bond motifs is 1. The summed E-state index contributed by atoms with van der Waals surface area (Å²) in [6, 6.07) is 7.07. The number of carbonyl (C=O) groups excluding carboxylic acids is 1. The molecule has 0 amide bonds. The lowest BCUT2D eigenvalue weighted by molar-refractivity contribution is -0.140. The summed E-state index contributed by atoms with van der Waals surface area (Å²) in [6.07, 6.45) is 11.5. The summed E-state index contributed by atoms with van der Waals surface area (Å²) < 4.78 is 48.8. The SMILES string of the molecule is CCCCCCCC1CCC(C(=O)Oc2ccc3c(F)c(OC(F)F)ccc3c2)CC1. The van der Waals surface area contributed by atoms with Crippen LogP contribution in [-0.4, -0.2) is 12.6 Å². The van der Waals surface area contributed by atoms with E-state index in [0.717, 1.165) is 31.7 Å². The third-order valence-electron chi connectivity index (χ3n) is 6.22. The summed E-state index contributed by atoms with van der Waals surface area (Å²) in [5.74, 6) is -0.682. The van der Waals surface area contributed by atoms with Crippen LogP contribution in [0.5, 0.6) is 11.5 Å². The van der Waals surface area contributed by atoms with Gasteiger partial charge in [0.05, 0.1) is 5.92 Å². The molecule has 1 saturated carbocycles. The van der Waals surface area contributed by atoms with E-state index in [9.17, 15) is 18.0 Å². The minimum Gasteiger partial charge on any atom is -0.432 e. The topological polar surface area (TPSA) is 35.5 Å². The van der Waals surface area contributed by atoms with Crippen molar-refractivity contribution < 1.29 is 27.4 Å². The summed E-state index contributed by atoms with van der Waals surface area (Å²) in [5.41, 5.74) is 0. The third-order valence-corrected chi connectivity index (χ3v) is 6.22. The van der Waals surface area contributed by atoms with E-state index < -0.39 is 18.2 Å². The molecule has 6 heteroatoms. The van der Waals surface area contributed by atoms with Gasteiger partial charge in [-0.05, 0) is 61.3 Å². The van der Waals surface area contributed by atoms with Gasteiger partial charge in [0.2, 0.25) is 0 Å². The van der Waals surface area contributed by atoms with E-state index >= 15 is 0 Å². The average Bonchev–Trinajstić information content (AvgIpc) is 2.76. The van der Waals surface area contributed by atoms with Gasteiger partial charge < -0.3 is 9.47 Å². The van der Waals surface area contributed by atoms with Crippen LogP contribution >= 0.6 is 0 Å². The molecule has 0 radical (unpaired) electrons. The summed E-state index contributed by atoms with van der Waals surface area (Å²) in [7, 11) is 0. The average molecular weight is 437 g/mol. The quantitative estimate of drug-likeness (QED) is 0.218. The molecular weight excluding hydrogens is 405 g/mol. The molecule has 0 unspecified atom stereocenters. The Kier molecular flexibility index (Phi) is 8.61. The highest BCUT2D eigenvalue weighted by Gasteiger charge is 2.27. The second-order valence-electron chi connectivity index (χ2n) is 8.48. The number of halogens is 3. The molecule has 3 rings (SSSR count). The van der Waals surface area contributed by atoms with Crippen molar-refractivity contribution in [3.8, 4) is 11.5 Å². The van der Waals surface area contributed by atoms with Crippen molar-refractivity contribution in [1.29, 1.82) is 0 Å². The minimum absolute atomic E-state index is 0.106. The van der Waals surface area contributed by atoms with E-state index in [-0.39, 0.29) is 17.3 Å². The number of hydrogen-bond acceptors (Lipinski definition) is 3. The molecule has 3 nitrogen and oxygen atoms in total. The number of hydrogen-bond donors (Lipinski definition) is 0. The van der Waals surface area contributed by atoms with Crippen molar-refractivity contribution >= 4 is 16.7 Å². The Balaban J connectivity index is 1.51. The fourth-order valence-electron chi connectivity index (χ4n) is 4.42. The number of benzene rings is 2. The molecule has 0 bridgehead atoms. The van der Waals surface area contributed by atoms with E-state index in [2.05, 4.69) is 11.7 Å². The first-order chi connectivity index (χ1) is 15.0. The summed E-state index contributed by atoms with van der Waals surface area (Å²) in [4.78, 5) is 12.6. The van der Waals surface area contributed by atoms with E-state index in [4.69, 9.17) is 4.74 Å². The van der Waals surface area contributed by atoms with E-state index in [1.807, 2.05) is 0 Å². The second kappa shape index (κ2) is 11.4. The number of ether oxygens (including phenoxy) is 2. The van der Waals surface area contributed by atoms with Crippen LogP contribution in [0.1, 0.15) is 71.1 Å². The molecule has 0 atom stereocenters. The van der Waals surface area contributed by atoms with Gasteiger partial charge in [-0.1, -0.05) is 51.5 Å². The molecule has 0 heterocycles. The first-order valence-electron chi connectivity index (χ1n) is 11.4. The summed E-state index contributed by atoms with van der Waals surface area (Å²) >= 11 is 0. The number of rotatable bonds is 10. The van der Waals surface area contributed by atoms with E-state index in [1.54, 1.807) is 6.07 Å². The zero-order chi connectivity index (χ0) is 22.2. The Morgan fingerprint density at radius 3 is 2.48 bits per heavy atom. The second-order valence-corrected chi connectivity index (χ2v) is 8.48. The monoisotopic (exact) mass is 436 g/mol. The number of alkyl halides is 2. The molecule has 1 aliphatic carbocycles. The van der Waals surface area contributed by atoms with E-state index in [1.165, 1.54) is 56.7 Å². The highest BCUT2D eigenvalue weighted by Crippen LogP contribution is 2.34. The van der Waals surface area contributed by atoms with Crippen molar-refractivity contribution in [1.82, 2.24) is 0 Å². The molecule has 2 aromatic rings. The summed E-state index contributed by atoms with van der Waals surface area (Å²) in [5, 5.41) is 0.591. The molecule has 1 aliphatic rings. The molecule has 31 heavy (non-hydrogen) atoms. The maximum absolute atomic E-state index is 14.3. The molecule has 0 aromatic heterocycles. The van der Waals surface area contributed by atoms with Crippen molar-refractivity contribution in [3.05, 3.63) is 36.1 Å². The Bertz CT molecular complexity index is 860. The lowest BCUT2D eigenvalue weighted by Crippen LogP contribution is -2.25. The maximum atomic E-state index is 14.3. The van der Waals surface area contributed by atoms with E-state index in [0.29, 0.717) is 17.1 Å². The van der Waals surface area contributed by atoms with Gasteiger partial charge in [-0.25, -0.2) is 4.39 Å². The molecule has 170 valence electrons. The van der Waals surface area contributed by atoms with Gasteiger partial charge in [-0.2, -0.15) is 8.78 Å². The standard InChI is InChI=1S/C25H31F3O3/c1-2-3-4-5-6-7-17-8-10-18(11-9-17)24(29)30-20-13-14-21-19(16-20)12-15-22(23(21)26)31-25(27)28/h12-18,25H,2-11H2,1H3. The van der Waals surface area contributed by atoms with Gasteiger partial charge in [0, 0.05) is 5.39 Å². The Hall–Kier alpha value is -2.24. The van der Waals surface area contributed by atoms with Crippen LogP contribution in [0.2, 0.25) is 0 Å². The molecule has 0 N–H and O–H groups in total. The molecule has 0 aliphatic heterocycles. The van der Waals surface area contributed by atoms with Crippen molar-refractivity contribution in [2.24, 2.45) is 11.8 Å². The number of esters is 1.